The molecular formula is C16H29NO3. The van der Waals surface area contributed by atoms with Crippen LogP contribution in [0.1, 0.15) is 67.2 Å². The van der Waals surface area contributed by atoms with Gasteiger partial charge in [0.25, 0.3) is 0 Å². The smallest absolute Gasteiger partial charge is 0.311 e. The van der Waals surface area contributed by atoms with Crippen LogP contribution in [0, 0.1) is 16.7 Å². The molecule has 1 saturated carbocycles. The number of aliphatic carboxylic acids is 1. The van der Waals surface area contributed by atoms with E-state index in [0.717, 1.165) is 19.3 Å². The lowest BCUT2D eigenvalue weighted by molar-refractivity contribution is -0.152. The Morgan fingerprint density at radius 2 is 1.70 bits per heavy atom. The maximum absolute atomic E-state index is 12.6. The number of amides is 1. The van der Waals surface area contributed by atoms with E-state index in [1.165, 1.54) is 6.42 Å². The Morgan fingerprint density at radius 1 is 1.15 bits per heavy atom. The summed E-state index contributed by atoms with van der Waals surface area (Å²) in [6.07, 6.45) is 4.18. The predicted molar refractivity (Wildman–Crippen MR) is 79.4 cm³/mol. The highest BCUT2D eigenvalue weighted by atomic mass is 16.4. The Morgan fingerprint density at radius 3 is 2.15 bits per heavy atom. The lowest BCUT2D eigenvalue weighted by Crippen LogP contribution is -2.59. The lowest BCUT2D eigenvalue weighted by atomic mass is 9.67. The molecule has 116 valence electrons. The maximum atomic E-state index is 12.6. The third-order valence-electron chi connectivity index (χ3n) is 5.36. The van der Waals surface area contributed by atoms with E-state index in [-0.39, 0.29) is 17.2 Å². The Kier molecular flexibility index (Phi) is 4.57. The molecule has 0 bridgehead atoms. The SMILES string of the molecule is CC1(C)CCCCC1C(=O)NC(C)(C)C(C)(C)C(=O)O. The van der Waals surface area contributed by atoms with E-state index in [1.54, 1.807) is 27.7 Å². The van der Waals surface area contributed by atoms with Gasteiger partial charge in [0, 0.05) is 11.5 Å². The third-order valence-corrected chi connectivity index (χ3v) is 5.36. The van der Waals surface area contributed by atoms with Gasteiger partial charge in [0.2, 0.25) is 5.91 Å². The number of hydrogen-bond acceptors (Lipinski definition) is 2. The van der Waals surface area contributed by atoms with Gasteiger partial charge in [-0.25, -0.2) is 0 Å². The van der Waals surface area contributed by atoms with E-state index in [0.29, 0.717) is 0 Å². The predicted octanol–water partition coefficient (Wildman–Crippen LogP) is 3.21. The average molecular weight is 283 g/mol. The summed E-state index contributed by atoms with van der Waals surface area (Å²) in [5.41, 5.74) is -1.81. The van der Waals surface area contributed by atoms with E-state index in [1.807, 2.05) is 0 Å². The van der Waals surface area contributed by atoms with Crippen molar-refractivity contribution in [2.75, 3.05) is 0 Å². The number of carbonyl (C=O) groups is 2. The molecule has 0 aromatic heterocycles. The molecule has 4 nitrogen and oxygen atoms in total. The monoisotopic (exact) mass is 283 g/mol. The van der Waals surface area contributed by atoms with Gasteiger partial charge in [-0.2, -0.15) is 0 Å². The van der Waals surface area contributed by atoms with E-state index in [2.05, 4.69) is 19.2 Å². The largest absolute Gasteiger partial charge is 0.481 e. The van der Waals surface area contributed by atoms with Crippen molar-refractivity contribution in [3.63, 3.8) is 0 Å². The molecule has 0 aromatic carbocycles. The van der Waals surface area contributed by atoms with E-state index in [4.69, 9.17) is 0 Å². The van der Waals surface area contributed by atoms with Crippen LogP contribution in [-0.4, -0.2) is 22.5 Å². The Labute approximate surface area is 122 Å². The second-order valence-corrected chi connectivity index (χ2v) is 7.83. The molecule has 2 N–H and O–H groups in total. The summed E-state index contributed by atoms with van der Waals surface area (Å²) < 4.78 is 0. The number of carbonyl (C=O) groups excluding carboxylic acids is 1. The molecule has 1 rings (SSSR count). The first kappa shape index (κ1) is 17.0. The average Bonchev–Trinajstić information content (AvgIpc) is 2.26. The number of carboxylic acid groups (broad SMARTS) is 1. The topological polar surface area (TPSA) is 66.4 Å². The van der Waals surface area contributed by atoms with E-state index in [9.17, 15) is 14.7 Å². The molecule has 20 heavy (non-hydrogen) atoms. The summed E-state index contributed by atoms with van der Waals surface area (Å²) in [7, 11) is 0. The minimum Gasteiger partial charge on any atom is -0.481 e. The van der Waals surface area contributed by atoms with Crippen molar-refractivity contribution in [2.45, 2.75) is 72.8 Å². The number of hydrogen-bond donors (Lipinski definition) is 2. The Bertz CT molecular complexity index is 397. The summed E-state index contributed by atoms with van der Waals surface area (Å²) in [4.78, 5) is 24.0. The Hall–Kier alpha value is -1.06. The van der Waals surface area contributed by atoms with E-state index < -0.39 is 16.9 Å². The normalized spacial score (nSPS) is 23.2. The second kappa shape index (κ2) is 5.38. The summed E-state index contributed by atoms with van der Waals surface area (Å²) >= 11 is 0. The number of carboxylic acids is 1. The first-order chi connectivity index (χ1) is 8.92. The zero-order valence-corrected chi connectivity index (χ0v) is 13.7. The molecule has 0 radical (unpaired) electrons. The zero-order valence-electron chi connectivity index (χ0n) is 13.7. The van der Waals surface area contributed by atoms with E-state index >= 15 is 0 Å². The van der Waals surface area contributed by atoms with Crippen molar-refractivity contribution in [1.29, 1.82) is 0 Å². The summed E-state index contributed by atoms with van der Waals surface area (Å²) in [5, 5.41) is 12.3. The first-order valence-electron chi connectivity index (χ1n) is 7.47. The first-order valence-corrected chi connectivity index (χ1v) is 7.47. The molecule has 0 heterocycles. The van der Waals surface area contributed by atoms with Crippen molar-refractivity contribution in [2.24, 2.45) is 16.7 Å². The summed E-state index contributed by atoms with van der Waals surface area (Å²) in [5.74, 6) is -0.931. The standard InChI is InChI=1S/C16H29NO3/c1-14(2)10-8-7-9-11(14)12(18)17-16(5,6)15(3,4)13(19)20/h11H,7-10H2,1-6H3,(H,17,18)(H,19,20). The molecule has 1 atom stereocenters. The van der Waals surface area contributed by atoms with Crippen LogP contribution in [0.4, 0.5) is 0 Å². The third kappa shape index (κ3) is 3.15. The second-order valence-electron chi connectivity index (χ2n) is 7.83. The molecular weight excluding hydrogens is 254 g/mol. The molecule has 1 unspecified atom stereocenters. The van der Waals surface area contributed by atoms with Gasteiger partial charge in [-0.05, 0) is 46.0 Å². The van der Waals surface area contributed by atoms with Crippen LogP contribution in [0.2, 0.25) is 0 Å². The number of nitrogens with one attached hydrogen (secondary N) is 1. The van der Waals surface area contributed by atoms with Crippen LogP contribution in [0.3, 0.4) is 0 Å². The fourth-order valence-corrected chi connectivity index (χ4v) is 2.80. The van der Waals surface area contributed by atoms with Crippen LogP contribution >= 0.6 is 0 Å². The zero-order chi connectivity index (χ0) is 15.8. The van der Waals surface area contributed by atoms with Crippen LogP contribution in [-0.2, 0) is 9.59 Å². The molecule has 1 aliphatic rings. The molecule has 0 aliphatic heterocycles. The van der Waals surface area contributed by atoms with Crippen molar-refractivity contribution < 1.29 is 14.7 Å². The van der Waals surface area contributed by atoms with Gasteiger partial charge < -0.3 is 10.4 Å². The van der Waals surface area contributed by atoms with Gasteiger partial charge in [0.1, 0.15) is 0 Å². The summed E-state index contributed by atoms with van der Waals surface area (Å²) in [6.45, 7) is 11.1. The molecule has 1 amide bonds. The molecule has 0 spiro atoms. The van der Waals surface area contributed by atoms with Crippen molar-refractivity contribution in [3.8, 4) is 0 Å². The number of rotatable bonds is 4. The minimum atomic E-state index is -1.01. The van der Waals surface area contributed by atoms with Crippen LogP contribution in [0.25, 0.3) is 0 Å². The van der Waals surface area contributed by atoms with Gasteiger partial charge >= 0.3 is 5.97 Å². The van der Waals surface area contributed by atoms with Gasteiger partial charge in [-0.15, -0.1) is 0 Å². The quantitative estimate of drug-likeness (QED) is 0.832. The highest BCUT2D eigenvalue weighted by Gasteiger charge is 2.46. The fourth-order valence-electron chi connectivity index (χ4n) is 2.80. The minimum absolute atomic E-state index is 0.00553. The lowest BCUT2D eigenvalue weighted by Gasteiger charge is -2.43. The molecule has 1 fully saturated rings. The van der Waals surface area contributed by atoms with Crippen LogP contribution in [0.5, 0.6) is 0 Å². The highest BCUT2D eigenvalue weighted by Crippen LogP contribution is 2.41. The van der Waals surface area contributed by atoms with Crippen molar-refractivity contribution in [1.82, 2.24) is 5.32 Å². The van der Waals surface area contributed by atoms with Gasteiger partial charge in [-0.3, -0.25) is 9.59 Å². The maximum Gasteiger partial charge on any atom is 0.311 e. The van der Waals surface area contributed by atoms with Crippen LogP contribution < -0.4 is 5.32 Å². The van der Waals surface area contributed by atoms with Gasteiger partial charge in [-0.1, -0.05) is 26.7 Å². The highest BCUT2D eigenvalue weighted by molar-refractivity contribution is 5.82. The Balaban J connectivity index is 2.87. The van der Waals surface area contributed by atoms with Crippen LogP contribution in [0.15, 0.2) is 0 Å². The molecule has 0 aromatic rings. The summed E-state index contributed by atoms with van der Waals surface area (Å²) in [6, 6.07) is 0. The molecule has 4 heteroatoms. The molecule has 1 aliphatic carbocycles. The van der Waals surface area contributed by atoms with Crippen molar-refractivity contribution >= 4 is 11.9 Å². The fraction of sp³-hybridized carbons (Fsp3) is 0.875. The van der Waals surface area contributed by atoms with Gasteiger partial charge in [0.15, 0.2) is 0 Å². The van der Waals surface area contributed by atoms with Crippen molar-refractivity contribution in [3.05, 3.63) is 0 Å². The molecule has 0 saturated heterocycles. The van der Waals surface area contributed by atoms with Gasteiger partial charge in [0.05, 0.1) is 5.41 Å².